The summed E-state index contributed by atoms with van der Waals surface area (Å²) in [5.41, 5.74) is 1.06. The van der Waals surface area contributed by atoms with Gasteiger partial charge in [-0.15, -0.1) is 5.10 Å². The van der Waals surface area contributed by atoms with E-state index in [1.54, 1.807) is 0 Å². The van der Waals surface area contributed by atoms with E-state index < -0.39 is 0 Å². The van der Waals surface area contributed by atoms with Crippen molar-refractivity contribution in [3.8, 4) is 0 Å². The van der Waals surface area contributed by atoms with Crippen molar-refractivity contribution in [2.24, 2.45) is 0 Å². The molecule has 19 heavy (non-hydrogen) atoms. The quantitative estimate of drug-likeness (QED) is 0.864. The third kappa shape index (κ3) is 4.44. The highest BCUT2D eigenvalue weighted by atomic mass is 16.5. The monoisotopic (exact) mass is 264 g/mol. The van der Waals surface area contributed by atoms with Gasteiger partial charge < -0.3 is 15.4 Å². The molecule has 2 rings (SSSR count). The molecular weight excluding hydrogens is 240 g/mol. The van der Waals surface area contributed by atoms with Crippen molar-refractivity contribution in [1.29, 1.82) is 0 Å². The van der Waals surface area contributed by atoms with Crippen molar-refractivity contribution in [1.82, 2.24) is 15.5 Å². The van der Waals surface area contributed by atoms with Gasteiger partial charge in [-0.05, 0) is 18.6 Å². The fraction of sp³-hybridized carbons (Fsp3) is 0.714. The SMILES string of the molecule is CC(C)(C)c1ccc(NCCC2COCCN2)nn1. The molecule has 0 aliphatic carbocycles. The van der Waals surface area contributed by atoms with E-state index in [1.165, 1.54) is 0 Å². The summed E-state index contributed by atoms with van der Waals surface area (Å²) in [7, 11) is 0. The number of hydrogen-bond acceptors (Lipinski definition) is 5. The van der Waals surface area contributed by atoms with Crippen molar-refractivity contribution in [3.63, 3.8) is 0 Å². The zero-order chi connectivity index (χ0) is 13.7. The standard InChI is InChI=1S/C14H24N4O/c1-14(2,3)12-4-5-13(18-17-12)16-7-6-11-10-19-9-8-15-11/h4-5,11,15H,6-10H2,1-3H3,(H,16,18). The molecule has 2 heterocycles. The Kier molecular flexibility index (Phi) is 4.71. The molecule has 5 nitrogen and oxygen atoms in total. The van der Waals surface area contributed by atoms with Gasteiger partial charge >= 0.3 is 0 Å². The maximum absolute atomic E-state index is 5.42. The average molecular weight is 264 g/mol. The summed E-state index contributed by atoms with van der Waals surface area (Å²) in [6.07, 6.45) is 1.03. The molecule has 2 N–H and O–H groups in total. The van der Waals surface area contributed by atoms with Crippen LogP contribution in [0.4, 0.5) is 5.82 Å². The van der Waals surface area contributed by atoms with Crippen LogP contribution in [0.2, 0.25) is 0 Å². The van der Waals surface area contributed by atoms with Crippen LogP contribution in [0, 0.1) is 0 Å². The smallest absolute Gasteiger partial charge is 0.148 e. The Bertz CT molecular complexity index is 379. The van der Waals surface area contributed by atoms with E-state index in [-0.39, 0.29) is 5.41 Å². The number of hydrogen-bond donors (Lipinski definition) is 2. The molecule has 1 saturated heterocycles. The van der Waals surface area contributed by atoms with Gasteiger partial charge in [0.15, 0.2) is 0 Å². The van der Waals surface area contributed by atoms with Crippen molar-refractivity contribution < 1.29 is 4.74 Å². The first-order chi connectivity index (χ1) is 9.05. The van der Waals surface area contributed by atoms with Gasteiger partial charge in [-0.25, -0.2) is 0 Å². The van der Waals surface area contributed by atoms with Gasteiger partial charge in [-0.3, -0.25) is 0 Å². The third-order valence-electron chi connectivity index (χ3n) is 3.23. The highest BCUT2D eigenvalue weighted by Gasteiger charge is 2.16. The second-order valence-electron chi connectivity index (χ2n) is 6.00. The van der Waals surface area contributed by atoms with E-state index in [1.807, 2.05) is 12.1 Å². The number of ether oxygens (including phenoxy) is 1. The molecule has 5 heteroatoms. The summed E-state index contributed by atoms with van der Waals surface area (Å²) in [5.74, 6) is 0.838. The summed E-state index contributed by atoms with van der Waals surface area (Å²) in [6.45, 7) is 9.87. The first kappa shape index (κ1) is 14.2. The Morgan fingerprint density at radius 2 is 2.21 bits per heavy atom. The molecule has 106 valence electrons. The minimum atomic E-state index is 0.0505. The predicted octanol–water partition coefficient (Wildman–Crippen LogP) is 1.56. The summed E-state index contributed by atoms with van der Waals surface area (Å²) >= 11 is 0. The Labute approximate surface area is 115 Å². The summed E-state index contributed by atoms with van der Waals surface area (Å²) < 4.78 is 5.42. The molecule has 1 unspecified atom stereocenters. The molecule has 1 aliphatic heterocycles. The van der Waals surface area contributed by atoms with E-state index in [9.17, 15) is 0 Å². The Hall–Kier alpha value is -1.20. The molecule has 1 fully saturated rings. The Balaban J connectivity index is 1.76. The summed E-state index contributed by atoms with van der Waals surface area (Å²) in [5, 5.41) is 15.2. The number of aromatic nitrogens is 2. The maximum Gasteiger partial charge on any atom is 0.148 e. The van der Waals surface area contributed by atoms with Crippen molar-refractivity contribution in [2.75, 3.05) is 31.6 Å². The van der Waals surface area contributed by atoms with Gasteiger partial charge in [0.05, 0.1) is 18.9 Å². The molecule has 0 saturated carbocycles. The molecular formula is C14H24N4O. The minimum Gasteiger partial charge on any atom is -0.379 e. The molecule has 0 spiro atoms. The van der Waals surface area contributed by atoms with Crippen LogP contribution in [0.1, 0.15) is 32.9 Å². The van der Waals surface area contributed by atoms with Crippen molar-refractivity contribution in [2.45, 2.75) is 38.6 Å². The first-order valence-electron chi connectivity index (χ1n) is 6.95. The topological polar surface area (TPSA) is 59.1 Å². The zero-order valence-corrected chi connectivity index (χ0v) is 12.1. The van der Waals surface area contributed by atoms with Gasteiger partial charge in [-0.2, -0.15) is 5.10 Å². The summed E-state index contributed by atoms with van der Waals surface area (Å²) in [4.78, 5) is 0. The zero-order valence-electron chi connectivity index (χ0n) is 12.1. The van der Waals surface area contributed by atoms with Gasteiger partial charge in [0, 0.05) is 24.5 Å². The predicted molar refractivity (Wildman–Crippen MR) is 76.4 cm³/mol. The number of nitrogens with zero attached hydrogens (tertiary/aromatic N) is 2. The lowest BCUT2D eigenvalue weighted by Gasteiger charge is -2.23. The van der Waals surface area contributed by atoms with Crippen LogP contribution in [0.15, 0.2) is 12.1 Å². The van der Waals surface area contributed by atoms with Crippen LogP contribution in [-0.2, 0) is 10.2 Å². The molecule has 1 aliphatic rings. The number of nitrogens with one attached hydrogen (secondary N) is 2. The van der Waals surface area contributed by atoms with E-state index in [0.717, 1.165) is 44.2 Å². The van der Waals surface area contributed by atoms with Crippen LogP contribution in [-0.4, -0.2) is 42.5 Å². The van der Waals surface area contributed by atoms with Crippen molar-refractivity contribution >= 4 is 5.82 Å². The third-order valence-corrected chi connectivity index (χ3v) is 3.23. The number of rotatable bonds is 4. The summed E-state index contributed by atoms with van der Waals surface area (Å²) in [6, 6.07) is 4.48. The second kappa shape index (κ2) is 6.30. The average Bonchev–Trinajstić information content (AvgIpc) is 2.39. The Morgan fingerprint density at radius 3 is 2.79 bits per heavy atom. The molecule has 0 radical (unpaired) electrons. The first-order valence-corrected chi connectivity index (χ1v) is 6.95. The van der Waals surface area contributed by atoms with Gasteiger partial charge in [-0.1, -0.05) is 20.8 Å². The molecule has 0 aromatic carbocycles. The van der Waals surface area contributed by atoms with Gasteiger partial charge in [0.1, 0.15) is 5.82 Å². The lowest BCUT2D eigenvalue weighted by molar-refractivity contribution is 0.0753. The lowest BCUT2D eigenvalue weighted by atomic mass is 9.92. The van der Waals surface area contributed by atoms with E-state index >= 15 is 0 Å². The number of anilines is 1. The van der Waals surface area contributed by atoms with Crippen LogP contribution < -0.4 is 10.6 Å². The normalized spacial score (nSPS) is 20.3. The van der Waals surface area contributed by atoms with Crippen LogP contribution in [0.25, 0.3) is 0 Å². The van der Waals surface area contributed by atoms with E-state index in [4.69, 9.17) is 4.74 Å². The van der Waals surface area contributed by atoms with Crippen LogP contribution >= 0.6 is 0 Å². The van der Waals surface area contributed by atoms with Gasteiger partial charge in [0.2, 0.25) is 0 Å². The van der Waals surface area contributed by atoms with Crippen LogP contribution in [0.3, 0.4) is 0 Å². The fourth-order valence-corrected chi connectivity index (χ4v) is 2.01. The highest BCUT2D eigenvalue weighted by molar-refractivity contribution is 5.33. The molecule has 0 bridgehead atoms. The van der Waals surface area contributed by atoms with Crippen molar-refractivity contribution in [3.05, 3.63) is 17.8 Å². The van der Waals surface area contributed by atoms with E-state index in [0.29, 0.717) is 6.04 Å². The second-order valence-corrected chi connectivity index (χ2v) is 6.00. The largest absolute Gasteiger partial charge is 0.379 e. The number of morpholine rings is 1. The highest BCUT2D eigenvalue weighted by Crippen LogP contribution is 2.19. The fourth-order valence-electron chi connectivity index (χ4n) is 2.01. The van der Waals surface area contributed by atoms with Crippen LogP contribution in [0.5, 0.6) is 0 Å². The molecule has 1 atom stereocenters. The maximum atomic E-state index is 5.42. The minimum absolute atomic E-state index is 0.0505. The lowest BCUT2D eigenvalue weighted by Crippen LogP contribution is -2.42. The Morgan fingerprint density at radius 1 is 1.37 bits per heavy atom. The molecule has 1 aromatic rings. The van der Waals surface area contributed by atoms with Gasteiger partial charge in [0.25, 0.3) is 0 Å². The molecule has 0 amide bonds. The molecule has 1 aromatic heterocycles. The van der Waals surface area contributed by atoms with E-state index in [2.05, 4.69) is 41.6 Å².